The van der Waals surface area contributed by atoms with E-state index in [1.54, 1.807) is 0 Å². The Kier molecular flexibility index (Phi) is 7.40. The van der Waals surface area contributed by atoms with Gasteiger partial charge in [0.2, 0.25) is 0 Å². The van der Waals surface area contributed by atoms with E-state index in [1.807, 2.05) is 38.1 Å². The van der Waals surface area contributed by atoms with E-state index in [-0.39, 0.29) is 0 Å². The number of rotatable bonds is 4. The Bertz CT molecular complexity index is 428. The molecule has 2 heteroatoms. The molecule has 0 aliphatic rings. The normalized spacial score (nSPS) is 9.00. The van der Waals surface area contributed by atoms with E-state index in [9.17, 15) is 0 Å². The fourth-order valence-corrected chi connectivity index (χ4v) is 1.26. The quantitative estimate of drug-likeness (QED) is 0.596. The molecular weight excluding hydrogens is 224 g/mol. The smallest absolute Gasteiger partial charge is 0.108 e. The van der Waals surface area contributed by atoms with Crippen LogP contribution in [0.4, 0.5) is 0 Å². The van der Waals surface area contributed by atoms with E-state index in [1.165, 1.54) is 0 Å². The van der Waals surface area contributed by atoms with Crippen LogP contribution in [0.3, 0.4) is 0 Å². The monoisotopic (exact) mass is 242 g/mol. The molecule has 1 rings (SSSR count). The predicted molar refractivity (Wildman–Crippen MR) is 73.2 cm³/mol. The van der Waals surface area contributed by atoms with Crippen molar-refractivity contribution in [3.63, 3.8) is 0 Å². The summed E-state index contributed by atoms with van der Waals surface area (Å²) in [5, 5.41) is 0. The van der Waals surface area contributed by atoms with Crippen LogP contribution in [0.15, 0.2) is 24.3 Å². The Morgan fingerprint density at radius 1 is 0.889 bits per heavy atom. The molecule has 0 bridgehead atoms. The Morgan fingerprint density at radius 2 is 1.39 bits per heavy atom. The molecular formula is C16H18O2. The van der Waals surface area contributed by atoms with Gasteiger partial charge in [-0.15, -0.1) is 0 Å². The van der Waals surface area contributed by atoms with Gasteiger partial charge in [-0.1, -0.05) is 29.7 Å². The summed E-state index contributed by atoms with van der Waals surface area (Å²) in [6, 6.07) is 7.85. The minimum Gasteiger partial charge on any atom is -0.369 e. The molecule has 0 atom stereocenters. The van der Waals surface area contributed by atoms with Gasteiger partial charge in [0.15, 0.2) is 0 Å². The molecule has 18 heavy (non-hydrogen) atoms. The van der Waals surface area contributed by atoms with Crippen LogP contribution in [0.2, 0.25) is 0 Å². The molecule has 0 aliphatic heterocycles. The van der Waals surface area contributed by atoms with Crippen molar-refractivity contribution < 1.29 is 9.47 Å². The van der Waals surface area contributed by atoms with Gasteiger partial charge in [-0.05, 0) is 32.0 Å². The Hall–Kier alpha value is -1.74. The molecule has 1 aromatic rings. The molecule has 0 radical (unpaired) electrons. The van der Waals surface area contributed by atoms with Crippen LogP contribution in [-0.4, -0.2) is 26.4 Å². The second-order valence-electron chi connectivity index (χ2n) is 3.46. The predicted octanol–water partition coefficient (Wildman–Crippen LogP) is 2.46. The highest BCUT2D eigenvalue weighted by Gasteiger charge is 1.89. The highest BCUT2D eigenvalue weighted by atomic mass is 16.5. The topological polar surface area (TPSA) is 18.5 Å². The summed E-state index contributed by atoms with van der Waals surface area (Å²) in [6.07, 6.45) is 0. The molecule has 0 saturated heterocycles. The summed E-state index contributed by atoms with van der Waals surface area (Å²) in [5.41, 5.74) is 1.91. The minimum atomic E-state index is 0.469. The Labute approximate surface area is 109 Å². The maximum Gasteiger partial charge on any atom is 0.108 e. The van der Waals surface area contributed by atoms with Gasteiger partial charge in [-0.25, -0.2) is 0 Å². The molecule has 1 aromatic carbocycles. The summed E-state index contributed by atoms with van der Waals surface area (Å²) in [7, 11) is 0. The molecule has 0 amide bonds. The van der Waals surface area contributed by atoms with Crippen LogP contribution >= 0.6 is 0 Å². The molecule has 94 valence electrons. The lowest BCUT2D eigenvalue weighted by Crippen LogP contribution is -1.89. The van der Waals surface area contributed by atoms with Crippen molar-refractivity contribution in [2.75, 3.05) is 26.4 Å². The van der Waals surface area contributed by atoms with E-state index < -0.39 is 0 Å². The third kappa shape index (κ3) is 6.11. The van der Waals surface area contributed by atoms with Crippen LogP contribution in [0, 0.1) is 23.7 Å². The fourth-order valence-electron chi connectivity index (χ4n) is 1.26. The van der Waals surface area contributed by atoms with Crippen LogP contribution in [0.25, 0.3) is 0 Å². The van der Waals surface area contributed by atoms with Crippen molar-refractivity contribution in [2.24, 2.45) is 0 Å². The number of hydrogen-bond acceptors (Lipinski definition) is 2. The van der Waals surface area contributed by atoms with Crippen LogP contribution in [-0.2, 0) is 9.47 Å². The number of hydrogen-bond donors (Lipinski definition) is 0. The maximum atomic E-state index is 5.16. The van der Waals surface area contributed by atoms with Gasteiger partial charge in [0.1, 0.15) is 13.2 Å². The van der Waals surface area contributed by atoms with Gasteiger partial charge >= 0.3 is 0 Å². The van der Waals surface area contributed by atoms with Crippen LogP contribution in [0.5, 0.6) is 0 Å². The van der Waals surface area contributed by atoms with Crippen LogP contribution < -0.4 is 0 Å². The first-order valence-electron chi connectivity index (χ1n) is 6.10. The third-order valence-corrected chi connectivity index (χ3v) is 2.08. The standard InChI is InChI=1S/C16H18O2/c1-3-17-12-6-10-15-8-5-9-16(14-15)11-7-13-18-4-2/h5,8-9,14H,3-4,12-13H2,1-2H3. The zero-order chi connectivity index (χ0) is 13.1. The zero-order valence-corrected chi connectivity index (χ0v) is 11.0. The van der Waals surface area contributed by atoms with Crippen molar-refractivity contribution >= 4 is 0 Å². The van der Waals surface area contributed by atoms with E-state index in [2.05, 4.69) is 23.7 Å². The highest BCUT2D eigenvalue weighted by molar-refractivity contribution is 5.43. The average molecular weight is 242 g/mol. The molecule has 0 fully saturated rings. The number of benzene rings is 1. The third-order valence-electron chi connectivity index (χ3n) is 2.08. The SMILES string of the molecule is CCOCC#Cc1cccc(C#CCOCC)c1. The summed E-state index contributed by atoms with van der Waals surface area (Å²) in [5.74, 6) is 12.0. The molecule has 0 heterocycles. The Morgan fingerprint density at radius 3 is 1.83 bits per heavy atom. The molecule has 0 unspecified atom stereocenters. The van der Waals surface area contributed by atoms with Crippen molar-refractivity contribution in [3.8, 4) is 23.7 Å². The first kappa shape index (κ1) is 14.3. The highest BCUT2D eigenvalue weighted by Crippen LogP contribution is 2.02. The summed E-state index contributed by atoms with van der Waals surface area (Å²) in [6.45, 7) is 6.23. The van der Waals surface area contributed by atoms with Crippen molar-refractivity contribution in [1.29, 1.82) is 0 Å². The fraction of sp³-hybridized carbons (Fsp3) is 0.375. The van der Waals surface area contributed by atoms with E-state index >= 15 is 0 Å². The van der Waals surface area contributed by atoms with Crippen LogP contribution in [0.1, 0.15) is 25.0 Å². The van der Waals surface area contributed by atoms with Gasteiger partial charge in [0, 0.05) is 24.3 Å². The average Bonchev–Trinajstić information content (AvgIpc) is 2.40. The lowest BCUT2D eigenvalue weighted by molar-refractivity contribution is 0.182. The molecule has 0 aromatic heterocycles. The van der Waals surface area contributed by atoms with Gasteiger partial charge in [0.25, 0.3) is 0 Å². The van der Waals surface area contributed by atoms with Crippen molar-refractivity contribution in [1.82, 2.24) is 0 Å². The van der Waals surface area contributed by atoms with Gasteiger partial charge in [-0.3, -0.25) is 0 Å². The molecule has 2 nitrogen and oxygen atoms in total. The minimum absolute atomic E-state index is 0.469. The summed E-state index contributed by atoms with van der Waals surface area (Å²) in [4.78, 5) is 0. The zero-order valence-electron chi connectivity index (χ0n) is 11.0. The van der Waals surface area contributed by atoms with Crippen molar-refractivity contribution in [2.45, 2.75) is 13.8 Å². The molecule has 0 aliphatic carbocycles. The maximum absolute atomic E-state index is 5.16. The van der Waals surface area contributed by atoms with E-state index in [0.29, 0.717) is 26.4 Å². The Balaban J connectivity index is 2.59. The summed E-state index contributed by atoms with van der Waals surface area (Å²) >= 11 is 0. The molecule has 0 N–H and O–H groups in total. The lowest BCUT2D eigenvalue weighted by Gasteiger charge is -1.94. The molecule has 0 spiro atoms. The van der Waals surface area contributed by atoms with Gasteiger partial charge < -0.3 is 9.47 Å². The first-order chi connectivity index (χ1) is 8.86. The summed E-state index contributed by atoms with van der Waals surface area (Å²) < 4.78 is 10.3. The largest absolute Gasteiger partial charge is 0.369 e. The van der Waals surface area contributed by atoms with E-state index in [0.717, 1.165) is 11.1 Å². The molecule has 0 saturated carbocycles. The van der Waals surface area contributed by atoms with Gasteiger partial charge in [0.05, 0.1) is 0 Å². The lowest BCUT2D eigenvalue weighted by atomic mass is 10.1. The first-order valence-corrected chi connectivity index (χ1v) is 6.10. The van der Waals surface area contributed by atoms with Gasteiger partial charge in [-0.2, -0.15) is 0 Å². The second kappa shape index (κ2) is 9.31. The second-order valence-corrected chi connectivity index (χ2v) is 3.46. The van der Waals surface area contributed by atoms with Crippen molar-refractivity contribution in [3.05, 3.63) is 35.4 Å². The van der Waals surface area contributed by atoms with E-state index in [4.69, 9.17) is 9.47 Å². The number of ether oxygens (including phenoxy) is 2.